The van der Waals surface area contributed by atoms with Gasteiger partial charge in [-0.2, -0.15) is 0 Å². The number of unbranched alkanes of at least 4 members (excludes halogenated alkanes) is 3. The normalized spacial score (nSPS) is 11.9. The highest BCUT2D eigenvalue weighted by Gasteiger charge is 2.18. The molecule has 3 N–H and O–H groups in total. The van der Waals surface area contributed by atoms with Crippen LogP contribution in [0.25, 0.3) is 0 Å². The number of quaternary nitrogens is 1. The zero-order valence-electron chi connectivity index (χ0n) is 12.8. The zero-order chi connectivity index (χ0) is 16.4. The Morgan fingerprint density at radius 2 is 1.91 bits per heavy atom. The van der Waals surface area contributed by atoms with Gasteiger partial charge in [0.25, 0.3) is 0 Å². The number of carbonyl (C=O) groups is 2. The summed E-state index contributed by atoms with van der Waals surface area (Å²) in [6.45, 7) is 2.81. The molecule has 1 rings (SSSR count). The Morgan fingerprint density at radius 1 is 1.23 bits per heavy atom. The van der Waals surface area contributed by atoms with Gasteiger partial charge in [-0.25, -0.2) is 0 Å². The number of hydrogen-bond donors (Lipinski definition) is 2. The first-order valence-corrected chi connectivity index (χ1v) is 8.00. The molecule has 0 fully saturated rings. The van der Waals surface area contributed by atoms with Gasteiger partial charge in [0.05, 0.1) is 18.9 Å². The fraction of sp³-hybridized carbons (Fsp3) is 0.500. The monoisotopic (exact) mass is 326 g/mol. The number of anilines is 1. The van der Waals surface area contributed by atoms with Crippen LogP contribution in [-0.2, 0) is 9.59 Å². The molecule has 0 unspecified atom stereocenters. The summed E-state index contributed by atoms with van der Waals surface area (Å²) in [6.07, 6.45) is 4.17. The van der Waals surface area contributed by atoms with E-state index in [4.69, 9.17) is 11.6 Å². The lowest BCUT2D eigenvalue weighted by Crippen LogP contribution is -2.93. The molecule has 5 nitrogen and oxygen atoms in total. The fourth-order valence-electron chi connectivity index (χ4n) is 2.10. The summed E-state index contributed by atoms with van der Waals surface area (Å²) < 4.78 is 0. The third-order valence-electron chi connectivity index (χ3n) is 3.34. The average molecular weight is 327 g/mol. The van der Waals surface area contributed by atoms with Crippen LogP contribution >= 0.6 is 11.6 Å². The molecule has 0 spiro atoms. The van der Waals surface area contributed by atoms with Crippen LogP contribution in [0.5, 0.6) is 0 Å². The Bertz CT molecular complexity index is 477. The number of benzene rings is 1. The van der Waals surface area contributed by atoms with Crippen LogP contribution < -0.4 is 15.7 Å². The Kier molecular flexibility index (Phi) is 8.55. The number of amides is 1. The number of nitrogens with one attached hydrogen (secondary N) is 1. The van der Waals surface area contributed by atoms with Crippen LogP contribution in [0.2, 0.25) is 5.02 Å². The highest BCUT2D eigenvalue weighted by Crippen LogP contribution is 2.13. The van der Waals surface area contributed by atoms with E-state index >= 15 is 0 Å². The van der Waals surface area contributed by atoms with Gasteiger partial charge in [-0.1, -0.05) is 31.4 Å². The van der Waals surface area contributed by atoms with Crippen LogP contribution in [-0.4, -0.2) is 24.5 Å². The molecule has 1 aromatic rings. The predicted octanol–water partition coefficient (Wildman–Crippen LogP) is 0.931. The summed E-state index contributed by atoms with van der Waals surface area (Å²) in [4.78, 5) is 23.0. The van der Waals surface area contributed by atoms with Gasteiger partial charge in [0.1, 0.15) is 6.04 Å². The first-order chi connectivity index (χ1) is 10.5. The maximum atomic E-state index is 11.9. The molecular formula is C16H23ClN2O3. The van der Waals surface area contributed by atoms with Crippen molar-refractivity contribution in [2.75, 3.05) is 11.9 Å². The van der Waals surface area contributed by atoms with Crippen LogP contribution in [0.1, 0.15) is 39.0 Å². The van der Waals surface area contributed by atoms with E-state index in [0.717, 1.165) is 25.7 Å². The minimum atomic E-state index is -1.21. The van der Waals surface area contributed by atoms with Crippen molar-refractivity contribution >= 4 is 29.2 Å². The molecule has 0 heterocycles. The van der Waals surface area contributed by atoms with Gasteiger partial charge in [-0.05, 0) is 37.1 Å². The molecule has 0 aromatic heterocycles. The standard InChI is InChI=1S/C16H23ClN2O3/c1-2-3-4-5-10-18-14(16(21)22)11-15(20)19-13-8-6-12(17)7-9-13/h6-9,14,18H,2-5,10-11H2,1H3,(H,19,20)(H,21,22)/t14-/m1/s1. The largest absolute Gasteiger partial charge is 0.544 e. The van der Waals surface area contributed by atoms with E-state index in [-0.39, 0.29) is 12.3 Å². The van der Waals surface area contributed by atoms with Crippen LogP contribution in [0.4, 0.5) is 5.69 Å². The molecule has 0 saturated carbocycles. The summed E-state index contributed by atoms with van der Waals surface area (Å²) >= 11 is 5.76. The molecule has 122 valence electrons. The Balaban J connectivity index is 2.39. The van der Waals surface area contributed by atoms with Crippen molar-refractivity contribution < 1.29 is 20.0 Å². The van der Waals surface area contributed by atoms with Crippen molar-refractivity contribution in [3.05, 3.63) is 29.3 Å². The number of carbonyl (C=O) groups excluding carboxylic acids is 2. The first-order valence-electron chi connectivity index (χ1n) is 7.62. The number of carboxylic acids is 1. The molecular weight excluding hydrogens is 304 g/mol. The topological polar surface area (TPSA) is 85.8 Å². The van der Waals surface area contributed by atoms with Gasteiger partial charge >= 0.3 is 0 Å². The summed E-state index contributed by atoms with van der Waals surface area (Å²) in [6, 6.07) is 5.81. The molecule has 22 heavy (non-hydrogen) atoms. The van der Waals surface area contributed by atoms with Crippen LogP contribution in [0.15, 0.2) is 24.3 Å². The lowest BCUT2D eigenvalue weighted by molar-refractivity contribution is -0.682. The number of carboxylic acid groups (broad SMARTS) is 1. The van der Waals surface area contributed by atoms with Crippen molar-refractivity contribution in [3.8, 4) is 0 Å². The number of aliphatic carboxylic acids is 1. The number of nitrogens with two attached hydrogens (primary N) is 1. The Hall–Kier alpha value is -1.59. The first kappa shape index (κ1) is 18.5. The quantitative estimate of drug-likeness (QED) is 0.627. The molecule has 1 amide bonds. The molecule has 0 aliphatic carbocycles. The molecule has 6 heteroatoms. The minimum absolute atomic E-state index is 0.112. The zero-order valence-corrected chi connectivity index (χ0v) is 13.6. The molecule has 0 aliphatic rings. The van der Waals surface area contributed by atoms with Gasteiger partial charge < -0.3 is 20.5 Å². The number of rotatable bonds is 10. The van der Waals surface area contributed by atoms with Crippen molar-refractivity contribution in [2.45, 2.75) is 45.1 Å². The van der Waals surface area contributed by atoms with Gasteiger partial charge in [-0.3, -0.25) is 4.79 Å². The minimum Gasteiger partial charge on any atom is -0.544 e. The summed E-state index contributed by atoms with van der Waals surface area (Å²) in [5.74, 6) is -1.55. The fourth-order valence-corrected chi connectivity index (χ4v) is 2.22. The lowest BCUT2D eigenvalue weighted by atomic mass is 10.1. The maximum absolute atomic E-state index is 11.9. The summed E-state index contributed by atoms with van der Waals surface area (Å²) in [5, 5.41) is 16.0. The van der Waals surface area contributed by atoms with Crippen molar-refractivity contribution in [2.24, 2.45) is 0 Å². The van der Waals surface area contributed by atoms with E-state index in [0.29, 0.717) is 17.3 Å². The number of hydrogen-bond acceptors (Lipinski definition) is 3. The molecule has 0 aliphatic heterocycles. The highest BCUT2D eigenvalue weighted by molar-refractivity contribution is 6.30. The summed E-state index contributed by atoms with van der Waals surface area (Å²) in [5.41, 5.74) is 0.592. The molecule has 0 radical (unpaired) electrons. The molecule has 1 aromatic carbocycles. The van der Waals surface area contributed by atoms with E-state index in [2.05, 4.69) is 12.2 Å². The van der Waals surface area contributed by atoms with Gasteiger partial charge in [0.15, 0.2) is 0 Å². The molecule has 0 bridgehead atoms. The van der Waals surface area contributed by atoms with E-state index in [1.165, 1.54) is 0 Å². The Labute approximate surface area is 136 Å². The third kappa shape index (κ3) is 7.43. The second-order valence-corrected chi connectivity index (χ2v) is 5.71. The predicted molar refractivity (Wildman–Crippen MR) is 84.4 cm³/mol. The van der Waals surface area contributed by atoms with E-state index in [1.54, 1.807) is 29.6 Å². The highest BCUT2D eigenvalue weighted by atomic mass is 35.5. The van der Waals surface area contributed by atoms with Gasteiger partial charge in [0, 0.05) is 10.7 Å². The second kappa shape index (κ2) is 10.2. The SMILES string of the molecule is CCCCCC[NH2+][C@H](CC(=O)Nc1ccc(Cl)cc1)C(=O)[O-]. The van der Waals surface area contributed by atoms with Gasteiger partial charge in [-0.15, -0.1) is 0 Å². The molecule has 0 saturated heterocycles. The second-order valence-electron chi connectivity index (χ2n) is 5.27. The van der Waals surface area contributed by atoms with Gasteiger partial charge in [0.2, 0.25) is 5.91 Å². The van der Waals surface area contributed by atoms with Crippen molar-refractivity contribution in [1.29, 1.82) is 0 Å². The Morgan fingerprint density at radius 3 is 2.50 bits per heavy atom. The smallest absolute Gasteiger partial charge is 0.230 e. The van der Waals surface area contributed by atoms with Crippen LogP contribution in [0, 0.1) is 0 Å². The number of halogens is 1. The summed E-state index contributed by atoms with van der Waals surface area (Å²) in [7, 11) is 0. The van der Waals surface area contributed by atoms with Crippen molar-refractivity contribution in [1.82, 2.24) is 0 Å². The third-order valence-corrected chi connectivity index (χ3v) is 3.60. The van der Waals surface area contributed by atoms with E-state index in [1.807, 2.05) is 0 Å². The molecule has 1 atom stereocenters. The average Bonchev–Trinajstić information content (AvgIpc) is 2.48. The maximum Gasteiger partial charge on any atom is 0.230 e. The van der Waals surface area contributed by atoms with E-state index < -0.39 is 12.0 Å². The van der Waals surface area contributed by atoms with Crippen LogP contribution in [0.3, 0.4) is 0 Å². The van der Waals surface area contributed by atoms with Crippen molar-refractivity contribution in [3.63, 3.8) is 0 Å². The van der Waals surface area contributed by atoms with E-state index in [9.17, 15) is 14.7 Å². The lowest BCUT2D eigenvalue weighted by Gasteiger charge is -2.16.